The van der Waals surface area contributed by atoms with Crippen LogP contribution in [-0.2, 0) is 5.67 Å². The van der Waals surface area contributed by atoms with Crippen LogP contribution in [0.25, 0.3) is 0 Å². The Hall–Kier alpha value is -2.29. The summed E-state index contributed by atoms with van der Waals surface area (Å²) in [7, 11) is 0. The summed E-state index contributed by atoms with van der Waals surface area (Å²) in [6, 6.07) is 13.9. The van der Waals surface area contributed by atoms with Crippen molar-refractivity contribution in [2.45, 2.75) is 18.8 Å². The molecule has 0 spiro atoms. The van der Waals surface area contributed by atoms with Crippen molar-refractivity contribution in [2.75, 3.05) is 10.6 Å². The fraction of sp³-hybridized carbons (Fsp3) is 0.130. The molecule has 11 heteroatoms. The third kappa shape index (κ3) is 5.50. The molecule has 3 aromatic rings. The summed E-state index contributed by atoms with van der Waals surface area (Å²) in [6.07, 6.45) is -5.13. The van der Waals surface area contributed by atoms with E-state index in [2.05, 4.69) is 10.6 Å². The monoisotopic (exact) mass is 700 g/mol. The van der Waals surface area contributed by atoms with Gasteiger partial charge in [-0.2, -0.15) is 13.2 Å². The zero-order chi connectivity index (χ0) is 25.3. The molecule has 0 radical (unpaired) electrons. The van der Waals surface area contributed by atoms with E-state index in [0.29, 0.717) is 12.5 Å². The minimum Gasteiger partial charge on any atom is -0.320 e. The van der Waals surface area contributed by atoms with Crippen LogP contribution < -0.4 is 10.6 Å². The quantitative estimate of drug-likeness (QED) is 0.217. The predicted octanol–water partition coefficient (Wildman–Crippen LogP) is 7.29. The number of benzene rings is 3. The Bertz CT molecular complexity index is 1220. The summed E-state index contributed by atoms with van der Waals surface area (Å²) in [5, 5.41) is 4.86. The van der Waals surface area contributed by atoms with Crippen LogP contribution in [0.15, 0.2) is 60.7 Å². The lowest BCUT2D eigenvalue weighted by Gasteiger charge is -2.25. The van der Waals surface area contributed by atoms with E-state index in [-0.39, 0.29) is 18.5 Å². The topological polar surface area (TPSA) is 58.2 Å². The SMILES string of the molecule is CC(F)(c1cc(I)c(NC(=O)c2cccc(NC(=O)c3ccccc3)c2F)c(I)c1)C(F)(F)F. The average molecular weight is 700 g/mol. The van der Waals surface area contributed by atoms with Gasteiger partial charge in [0, 0.05) is 18.3 Å². The predicted molar refractivity (Wildman–Crippen MR) is 135 cm³/mol. The van der Waals surface area contributed by atoms with Gasteiger partial charge >= 0.3 is 6.18 Å². The summed E-state index contributed by atoms with van der Waals surface area (Å²) in [5.74, 6) is -2.45. The van der Waals surface area contributed by atoms with Gasteiger partial charge in [-0.25, -0.2) is 8.78 Å². The molecule has 2 N–H and O–H groups in total. The molecule has 0 aliphatic heterocycles. The van der Waals surface area contributed by atoms with Gasteiger partial charge in [0.1, 0.15) is 0 Å². The zero-order valence-corrected chi connectivity index (χ0v) is 21.6. The molecule has 178 valence electrons. The van der Waals surface area contributed by atoms with Crippen molar-refractivity contribution in [1.29, 1.82) is 0 Å². The first-order chi connectivity index (χ1) is 15.8. The van der Waals surface area contributed by atoms with Crippen LogP contribution in [0.2, 0.25) is 0 Å². The van der Waals surface area contributed by atoms with Crippen molar-refractivity contribution in [2.24, 2.45) is 0 Å². The maximum Gasteiger partial charge on any atom is 0.426 e. The van der Waals surface area contributed by atoms with Crippen molar-refractivity contribution in [3.05, 3.63) is 90.3 Å². The molecule has 0 aliphatic carbocycles. The number of hydrogen-bond donors (Lipinski definition) is 2. The van der Waals surface area contributed by atoms with Crippen LogP contribution in [-0.4, -0.2) is 18.0 Å². The van der Waals surface area contributed by atoms with E-state index in [1.807, 2.05) is 0 Å². The van der Waals surface area contributed by atoms with Crippen molar-refractivity contribution < 1.29 is 31.5 Å². The van der Waals surface area contributed by atoms with Gasteiger partial charge in [-0.3, -0.25) is 9.59 Å². The normalized spacial score (nSPS) is 13.2. The lowest BCUT2D eigenvalue weighted by atomic mass is 9.97. The van der Waals surface area contributed by atoms with E-state index < -0.39 is 40.6 Å². The third-order valence-corrected chi connectivity index (χ3v) is 6.58. The van der Waals surface area contributed by atoms with Crippen molar-refractivity contribution in [1.82, 2.24) is 0 Å². The maximum absolute atomic E-state index is 15.0. The van der Waals surface area contributed by atoms with Crippen LogP contribution in [0.4, 0.5) is 33.3 Å². The van der Waals surface area contributed by atoms with Crippen LogP contribution in [0, 0.1) is 13.0 Å². The molecule has 2 amide bonds. The van der Waals surface area contributed by atoms with Gasteiger partial charge in [-0.05, 0) is 88.5 Å². The lowest BCUT2D eigenvalue weighted by molar-refractivity contribution is -0.228. The van der Waals surface area contributed by atoms with E-state index in [4.69, 9.17) is 0 Å². The molecule has 3 rings (SSSR count). The molecule has 0 saturated heterocycles. The molecule has 0 saturated carbocycles. The molecule has 1 unspecified atom stereocenters. The molecule has 0 aliphatic rings. The second-order valence-electron chi connectivity index (χ2n) is 7.26. The first-order valence-electron chi connectivity index (χ1n) is 9.54. The second kappa shape index (κ2) is 10.1. The number of carbonyl (C=O) groups is 2. The Labute approximate surface area is 218 Å². The van der Waals surface area contributed by atoms with Gasteiger partial charge in [0.15, 0.2) is 5.82 Å². The fourth-order valence-corrected chi connectivity index (χ4v) is 4.93. The summed E-state index contributed by atoms with van der Waals surface area (Å²) in [4.78, 5) is 25.1. The smallest absolute Gasteiger partial charge is 0.320 e. The number of nitrogens with one attached hydrogen (secondary N) is 2. The Balaban J connectivity index is 1.86. The minimum absolute atomic E-state index is 0.103. The molecular weight excluding hydrogens is 685 g/mol. The molecule has 3 aromatic carbocycles. The highest BCUT2D eigenvalue weighted by Crippen LogP contribution is 2.44. The summed E-state index contributed by atoms with van der Waals surface area (Å²) < 4.78 is 68.9. The Morgan fingerprint density at radius 1 is 0.824 bits per heavy atom. The highest BCUT2D eigenvalue weighted by atomic mass is 127. The van der Waals surface area contributed by atoms with E-state index >= 15 is 4.39 Å². The molecule has 0 fully saturated rings. The fourth-order valence-electron chi connectivity index (χ4n) is 2.90. The minimum atomic E-state index is -5.13. The molecule has 0 bridgehead atoms. The number of alkyl halides is 4. The van der Waals surface area contributed by atoms with E-state index in [0.717, 1.165) is 12.1 Å². The van der Waals surface area contributed by atoms with Gasteiger partial charge in [-0.15, -0.1) is 0 Å². The van der Waals surface area contributed by atoms with Gasteiger partial charge in [0.2, 0.25) is 5.67 Å². The first kappa shape index (κ1) is 26.3. The lowest BCUT2D eigenvalue weighted by Crippen LogP contribution is -2.35. The third-order valence-electron chi connectivity index (χ3n) is 4.88. The van der Waals surface area contributed by atoms with Gasteiger partial charge < -0.3 is 10.6 Å². The second-order valence-corrected chi connectivity index (χ2v) is 9.58. The van der Waals surface area contributed by atoms with E-state index in [1.165, 1.54) is 18.2 Å². The van der Waals surface area contributed by atoms with Gasteiger partial charge in [-0.1, -0.05) is 24.3 Å². The van der Waals surface area contributed by atoms with Crippen LogP contribution in [0.5, 0.6) is 0 Å². The molecule has 0 aromatic heterocycles. The van der Waals surface area contributed by atoms with Gasteiger partial charge in [0.05, 0.1) is 16.9 Å². The first-order valence-corrected chi connectivity index (χ1v) is 11.7. The van der Waals surface area contributed by atoms with E-state index in [9.17, 15) is 27.2 Å². The Morgan fingerprint density at radius 2 is 1.41 bits per heavy atom. The zero-order valence-electron chi connectivity index (χ0n) is 17.2. The van der Waals surface area contributed by atoms with Crippen LogP contribution in [0.1, 0.15) is 33.2 Å². The Kier molecular flexibility index (Phi) is 7.85. The van der Waals surface area contributed by atoms with Crippen LogP contribution >= 0.6 is 45.2 Å². The molecular formula is C23H15F5I2N2O2. The number of anilines is 2. The molecule has 1 atom stereocenters. The molecule has 4 nitrogen and oxygen atoms in total. The van der Waals surface area contributed by atoms with E-state index in [1.54, 1.807) is 75.5 Å². The summed E-state index contributed by atoms with van der Waals surface area (Å²) >= 11 is 3.33. The van der Waals surface area contributed by atoms with Crippen molar-refractivity contribution >= 4 is 68.4 Å². The summed E-state index contributed by atoms with van der Waals surface area (Å²) in [5.41, 5.74) is -4.44. The van der Waals surface area contributed by atoms with Crippen molar-refractivity contribution in [3.63, 3.8) is 0 Å². The Morgan fingerprint density at radius 3 is 1.97 bits per heavy atom. The number of hydrogen-bond acceptors (Lipinski definition) is 2. The average Bonchev–Trinajstić information content (AvgIpc) is 2.77. The standard InChI is InChI=1S/C23H15F5I2N2O2/c1-22(25,23(26,27)28)13-10-15(29)19(16(30)11-13)32-21(34)14-8-5-9-17(18(14)24)31-20(33)12-6-3-2-4-7-12/h2-11H,1H3,(H,31,33)(H,32,34). The highest BCUT2D eigenvalue weighted by molar-refractivity contribution is 14.1. The molecule has 34 heavy (non-hydrogen) atoms. The maximum atomic E-state index is 15.0. The van der Waals surface area contributed by atoms with Crippen LogP contribution in [0.3, 0.4) is 0 Å². The number of amides is 2. The number of rotatable bonds is 5. The molecule has 0 heterocycles. The largest absolute Gasteiger partial charge is 0.426 e. The van der Waals surface area contributed by atoms with Gasteiger partial charge in [0.25, 0.3) is 11.8 Å². The summed E-state index contributed by atoms with van der Waals surface area (Å²) in [6.45, 7) is 0.414. The number of carbonyl (C=O) groups excluding carboxylic acids is 2. The van der Waals surface area contributed by atoms with Crippen molar-refractivity contribution in [3.8, 4) is 0 Å². The number of halogens is 7. The highest BCUT2D eigenvalue weighted by Gasteiger charge is 2.53.